The number of rotatable bonds is 3. The van der Waals surface area contributed by atoms with E-state index in [2.05, 4.69) is 44.1 Å². The number of nitrogens with zero attached hydrogens (tertiary/aromatic N) is 2. The maximum atomic E-state index is 4.78. The summed E-state index contributed by atoms with van der Waals surface area (Å²) >= 11 is 4.05. The zero-order valence-electron chi connectivity index (χ0n) is 12.3. The van der Waals surface area contributed by atoms with E-state index in [0.29, 0.717) is 16.4 Å². The monoisotopic (exact) mass is 297 g/mol. The molecule has 0 bridgehead atoms. The van der Waals surface area contributed by atoms with Gasteiger partial charge in [-0.15, -0.1) is 11.8 Å². The molecule has 5 heteroatoms. The number of anilines is 1. The summed E-state index contributed by atoms with van der Waals surface area (Å²) in [6, 6.07) is 2.06. The fourth-order valence-corrected chi connectivity index (χ4v) is 4.82. The molecule has 1 aromatic rings. The Morgan fingerprint density at radius 1 is 1.26 bits per heavy atom. The summed E-state index contributed by atoms with van der Waals surface area (Å²) in [4.78, 5) is 9.44. The van der Waals surface area contributed by atoms with E-state index < -0.39 is 0 Å². The van der Waals surface area contributed by atoms with E-state index in [4.69, 9.17) is 4.98 Å². The number of aromatic nitrogens is 2. The lowest BCUT2D eigenvalue weighted by Crippen LogP contribution is -2.23. The molecule has 1 fully saturated rings. The average molecular weight is 297 g/mol. The summed E-state index contributed by atoms with van der Waals surface area (Å²) < 4.78 is 0. The SMILES string of the molecule is CNc1cc(C(C)C)nc(C2CSC(C)C(C)S2)n1. The molecular formula is C14H23N3S2. The summed E-state index contributed by atoms with van der Waals surface area (Å²) in [5.74, 6) is 3.48. The molecule has 0 aromatic carbocycles. The Balaban J connectivity index is 2.26. The van der Waals surface area contributed by atoms with Crippen LogP contribution in [0, 0.1) is 0 Å². The van der Waals surface area contributed by atoms with Gasteiger partial charge in [-0.25, -0.2) is 9.97 Å². The molecule has 1 N–H and O–H groups in total. The molecule has 2 rings (SSSR count). The van der Waals surface area contributed by atoms with Crippen molar-refractivity contribution in [3.63, 3.8) is 0 Å². The van der Waals surface area contributed by atoms with Crippen molar-refractivity contribution in [2.24, 2.45) is 0 Å². The van der Waals surface area contributed by atoms with Gasteiger partial charge in [0.2, 0.25) is 0 Å². The van der Waals surface area contributed by atoms with Crippen LogP contribution in [0.5, 0.6) is 0 Å². The first-order chi connectivity index (χ1) is 9.01. The van der Waals surface area contributed by atoms with Gasteiger partial charge in [0.05, 0.1) is 5.25 Å². The van der Waals surface area contributed by atoms with Gasteiger partial charge in [0, 0.05) is 35.1 Å². The quantitative estimate of drug-likeness (QED) is 0.914. The van der Waals surface area contributed by atoms with Gasteiger partial charge >= 0.3 is 0 Å². The molecule has 0 spiro atoms. The van der Waals surface area contributed by atoms with Crippen molar-refractivity contribution in [3.8, 4) is 0 Å². The van der Waals surface area contributed by atoms with Crippen LogP contribution >= 0.6 is 23.5 Å². The summed E-state index contributed by atoms with van der Waals surface area (Å²) in [5.41, 5.74) is 1.13. The standard InChI is InChI=1S/C14H23N3S2/c1-8(2)11-6-13(15-5)17-14(16-11)12-7-18-9(3)10(4)19-12/h6,8-10,12H,7H2,1-5H3,(H,15,16,17). The highest BCUT2D eigenvalue weighted by Crippen LogP contribution is 2.43. The molecule has 0 amide bonds. The van der Waals surface area contributed by atoms with Gasteiger partial charge in [-0.2, -0.15) is 11.8 Å². The molecule has 3 nitrogen and oxygen atoms in total. The lowest BCUT2D eigenvalue weighted by atomic mass is 10.1. The van der Waals surface area contributed by atoms with Gasteiger partial charge in [0.1, 0.15) is 11.6 Å². The number of thioether (sulfide) groups is 2. The summed E-state index contributed by atoms with van der Waals surface area (Å²) in [7, 11) is 1.92. The Labute approximate surface area is 124 Å². The van der Waals surface area contributed by atoms with Crippen molar-refractivity contribution in [2.75, 3.05) is 18.1 Å². The molecule has 19 heavy (non-hydrogen) atoms. The number of hydrogen-bond acceptors (Lipinski definition) is 5. The largest absolute Gasteiger partial charge is 0.373 e. The average Bonchev–Trinajstić information content (AvgIpc) is 2.41. The first-order valence-electron chi connectivity index (χ1n) is 6.85. The minimum Gasteiger partial charge on any atom is -0.373 e. The van der Waals surface area contributed by atoms with E-state index in [1.54, 1.807) is 0 Å². The predicted molar refractivity (Wildman–Crippen MR) is 87.4 cm³/mol. The molecule has 1 saturated heterocycles. The summed E-state index contributed by atoms with van der Waals surface area (Å²) in [6.45, 7) is 8.97. The third-order valence-electron chi connectivity index (χ3n) is 3.45. The van der Waals surface area contributed by atoms with Crippen LogP contribution in [0.15, 0.2) is 6.07 Å². The van der Waals surface area contributed by atoms with E-state index in [1.165, 1.54) is 0 Å². The van der Waals surface area contributed by atoms with Gasteiger partial charge < -0.3 is 5.32 Å². The minimum absolute atomic E-state index is 0.419. The molecule has 1 aliphatic heterocycles. The van der Waals surface area contributed by atoms with Crippen molar-refractivity contribution in [2.45, 2.75) is 49.4 Å². The topological polar surface area (TPSA) is 37.8 Å². The maximum Gasteiger partial charge on any atom is 0.144 e. The Morgan fingerprint density at radius 2 is 2.00 bits per heavy atom. The van der Waals surface area contributed by atoms with Crippen LogP contribution in [0.4, 0.5) is 5.82 Å². The maximum absolute atomic E-state index is 4.78. The molecule has 1 aromatic heterocycles. The third-order valence-corrected chi connectivity index (χ3v) is 6.84. The molecule has 0 radical (unpaired) electrons. The zero-order chi connectivity index (χ0) is 14.0. The van der Waals surface area contributed by atoms with E-state index >= 15 is 0 Å². The van der Waals surface area contributed by atoms with Crippen LogP contribution in [-0.2, 0) is 0 Å². The predicted octanol–water partition coefficient (Wildman–Crippen LogP) is 3.94. The van der Waals surface area contributed by atoms with Gasteiger partial charge in [0.15, 0.2) is 0 Å². The zero-order valence-corrected chi connectivity index (χ0v) is 13.9. The summed E-state index contributed by atoms with van der Waals surface area (Å²) in [5, 5.41) is 4.95. The highest BCUT2D eigenvalue weighted by Gasteiger charge is 2.29. The van der Waals surface area contributed by atoms with Crippen molar-refractivity contribution in [3.05, 3.63) is 17.6 Å². The van der Waals surface area contributed by atoms with E-state index in [-0.39, 0.29) is 0 Å². The highest BCUT2D eigenvalue weighted by molar-refractivity contribution is 8.07. The van der Waals surface area contributed by atoms with E-state index in [1.807, 2.05) is 30.6 Å². The number of hydrogen-bond donors (Lipinski definition) is 1. The van der Waals surface area contributed by atoms with Crippen LogP contribution in [0.25, 0.3) is 0 Å². The Kier molecular flexibility index (Phi) is 5.01. The van der Waals surface area contributed by atoms with Crippen molar-refractivity contribution < 1.29 is 0 Å². The normalized spacial score (nSPS) is 27.6. The van der Waals surface area contributed by atoms with Crippen LogP contribution < -0.4 is 5.32 Å². The van der Waals surface area contributed by atoms with Crippen LogP contribution in [0.3, 0.4) is 0 Å². The van der Waals surface area contributed by atoms with Crippen LogP contribution in [0.1, 0.15) is 50.4 Å². The second-order valence-electron chi connectivity index (χ2n) is 5.31. The van der Waals surface area contributed by atoms with Gasteiger partial charge in [-0.1, -0.05) is 27.7 Å². The second-order valence-corrected chi connectivity index (χ2v) is 8.30. The van der Waals surface area contributed by atoms with Crippen molar-refractivity contribution in [1.29, 1.82) is 0 Å². The third kappa shape index (κ3) is 3.57. The van der Waals surface area contributed by atoms with E-state index in [9.17, 15) is 0 Å². The molecule has 106 valence electrons. The molecule has 1 aliphatic rings. The minimum atomic E-state index is 0.419. The van der Waals surface area contributed by atoms with Crippen LogP contribution in [-0.4, -0.2) is 33.3 Å². The highest BCUT2D eigenvalue weighted by atomic mass is 32.2. The first-order valence-corrected chi connectivity index (χ1v) is 8.84. The molecule has 3 atom stereocenters. The molecular weight excluding hydrogens is 274 g/mol. The molecule has 2 heterocycles. The lowest BCUT2D eigenvalue weighted by molar-refractivity contribution is 0.780. The van der Waals surface area contributed by atoms with E-state index in [0.717, 1.165) is 28.3 Å². The lowest BCUT2D eigenvalue weighted by Gasteiger charge is -2.30. The summed E-state index contributed by atoms with van der Waals surface area (Å²) in [6.07, 6.45) is 0. The smallest absolute Gasteiger partial charge is 0.144 e. The molecule has 0 aliphatic carbocycles. The fourth-order valence-electron chi connectivity index (χ4n) is 1.97. The van der Waals surface area contributed by atoms with Gasteiger partial charge in [0.25, 0.3) is 0 Å². The van der Waals surface area contributed by atoms with Crippen LogP contribution in [0.2, 0.25) is 0 Å². The van der Waals surface area contributed by atoms with Crippen molar-refractivity contribution in [1.82, 2.24) is 9.97 Å². The van der Waals surface area contributed by atoms with Crippen molar-refractivity contribution >= 4 is 29.3 Å². The Morgan fingerprint density at radius 3 is 2.58 bits per heavy atom. The number of nitrogens with one attached hydrogen (secondary N) is 1. The Hall–Kier alpha value is -0.420. The fraction of sp³-hybridized carbons (Fsp3) is 0.714. The van der Waals surface area contributed by atoms with Gasteiger partial charge in [-0.05, 0) is 5.92 Å². The first kappa shape index (κ1) is 15.0. The second kappa shape index (κ2) is 6.35. The van der Waals surface area contributed by atoms with Gasteiger partial charge in [-0.3, -0.25) is 0 Å². The molecule has 3 unspecified atom stereocenters. The Bertz CT molecular complexity index is 437. The molecule has 0 saturated carbocycles.